The van der Waals surface area contributed by atoms with E-state index < -0.39 is 0 Å². The number of rotatable bonds is 8. The molecule has 6 heteroatoms. The van der Waals surface area contributed by atoms with Crippen molar-refractivity contribution in [3.63, 3.8) is 0 Å². The van der Waals surface area contributed by atoms with Gasteiger partial charge in [0.05, 0.1) is 0 Å². The number of carbonyl (C=O) groups is 1. The van der Waals surface area contributed by atoms with Gasteiger partial charge in [-0.25, -0.2) is 0 Å². The molecule has 0 aliphatic carbocycles. The van der Waals surface area contributed by atoms with Crippen molar-refractivity contribution in [1.82, 2.24) is 5.10 Å². The van der Waals surface area contributed by atoms with Crippen LogP contribution < -0.4 is 10.4 Å². The molecule has 3 N–H and O–H groups in total. The summed E-state index contributed by atoms with van der Waals surface area (Å²) in [4.78, 5) is 11.5. The second-order valence-corrected chi connectivity index (χ2v) is 5.80. The molecular weight excluding hydrogens is 318 g/mol. The number of ether oxygens (including phenoxy) is 1. The lowest BCUT2D eigenvalue weighted by atomic mass is 10.1. The molecule has 0 unspecified atom stereocenters. The maximum Gasteiger partial charge on any atom is 0.306 e. The summed E-state index contributed by atoms with van der Waals surface area (Å²) in [6.07, 6.45) is 3.39. The van der Waals surface area contributed by atoms with Crippen molar-refractivity contribution < 1.29 is 19.3 Å². The van der Waals surface area contributed by atoms with Gasteiger partial charge in [-0.15, -0.1) is 4.68 Å². The summed E-state index contributed by atoms with van der Waals surface area (Å²) in [6.45, 7) is 6.32. The van der Waals surface area contributed by atoms with E-state index in [4.69, 9.17) is 10.5 Å². The molecule has 0 bridgehead atoms. The first-order valence-electron chi connectivity index (χ1n) is 8.24. The molecule has 0 spiro atoms. The molecule has 1 aromatic heterocycles. The van der Waals surface area contributed by atoms with Crippen LogP contribution in [-0.2, 0) is 16.1 Å². The number of aromatic nitrogens is 2. The molecular formula is C19H24N3O3+. The molecule has 1 heterocycles. The molecule has 0 aliphatic heterocycles. The van der Waals surface area contributed by atoms with E-state index >= 15 is 0 Å². The topological polar surface area (TPSA) is 89.3 Å². The number of phenolic OH excluding ortho intramolecular Hbond substituents is 1. The standard InChI is InChI=1S/C19H23N3O3/c1-3-12-25-18(24)6-4-5-11-22-17(20)13-14(2)19(21-22)15-7-9-16(23)10-8-15/h3,7-10,13,20H,1,4-6,11-12H2,2H3,(H,21,23)/p+1. The summed E-state index contributed by atoms with van der Waals surface area (Å²) in [5.41, 5.74) is 8.76. The van der Waals surface area contributed by atoms with Gasteiger partial charge >= 0.3 is 5.97 Å². The summed E-state index contributed by atoms with van der Waals surface area (Å²) in [5, 5.41) is 14.0. The number of hydrogen-bond donors (Lipinski definition) is 2. The van der Waals surface area contributed by atoms with E-state index in [1.54, 1.807) is 22.9 Å². The first-order valence-corrected chi connectivity index (χ1v) is 8.24. The Bertz CT molecular complexity index is 742. The Balaban J connectivity index is 2.01. The number of benzene rings is 1. The molecule has 0 radical (unpaired) electrons. The van der Waals surface area contributed by atoms with E-state index in [2.05, 4.69) is 11.7 Å². The van der Waals surface area contributed by atoms with Crippen molar-refractivity contribution in [1.29, 1.82) is 0 Å². The number of anilines is 1. The van der Waals surface area contributed by atoms with Crippen LogP contribution in [0.5, 0.6) is 5.75 Å². The summed E-state index contributed by atoms with van der Waals surface area (Å²) in [7, 11) is 0. The molecule has 0 saturated carbocycles. The minimum atomic E-state index is -0.223. The Morgan fingerprint density at radius 1 is 1.36 bits per heavy atom. The molecule has 0 saturated heterocycles. The molecule has 6 nitrogen and oxygen atoms in total. The molecule has 0 aliphatic rings. The molecule has 1 aromatic carbocycles. The van der Waals surface area contributed by atoms with Crippen LogP contribution in [0.25, 0.3) is 11.3 Å². The average Bonchev–Trinajstić information content (AvgIpc) is 2.59. The molecule has 0 fully saturated rings. The first kappa shape index (κ1) is 18.4. The minimum Gasteiger partial charge on any atom is -0.508 e. The third kappa shape index (κ3) is 5.31. The number of nitrogens with two attached hydrogens (primary N) is 1. The van der Waals surface area contributed by atoms with Crippen molar-refractivity contribution in [3.8, 4) is 17.0 Å². The van der Waals surface area contributed by atoms with E-state index in [9.17, 15) is 9.90 Å². The smallest absolute Gasteiger partial charge is 0.306 e. The van der Waals surface area contributed by atoms with Crippen LogP contribution in [0.15, 0.2) is 43.0 Å². The van der Waals surface area contributed by atoms with Gasteiger partial charge in [0.2, 0.25) is 0 Å². The van der Waals surface area contributed by atoms with Crippen molar-refractivity contribution in [2.24, 2.45) is 0 Å². The third-order valence-corrected chi connectivity index (χ3v) is 3.76. The molecule has 0 amide bonds. The van der Waals surface area contributed by atoms with Gasteiger partial charge in [0.15, 0.2) is 0 Å². The van der Waals surface area contributed by atoms with E-state index in [0.29, 0.717) is 25.2 Å². The van der Waals surface area contributed by atoms with E-state index in [-0.39, 0.29) is 18.3 Å². The van der Waals surface area contributed by atoms with Crippen LogP contribution in [0.3, 0.4) is 0 Å². The van der Waals surface area contributed by atoms with E-state index in [1.165, 1.54) is 0 Å². The number of carbonyl (C=O) groups excluding carboxylic acids is 1. The highest BCUT2D eigenvalue weighted by Crippen LogP contribution is 2.22. The maximum atomic E-state index is 11.5. The van der Waals surface area contributed by atoms with Crippen LogP contribution in [0, 0.1) is 6.92 Å². The number of phenols is 1. The second-order valence-electron chi connectivity index (χ2n) is 5.80. The molecule has 132 valence electrons. The number of aromatic hydroxyl groups is 1. The Morgan fingerprint density at radius 2 is 2.08 bits per heavy atom. The fourth-order valence-electron chi connectivity index (χ4n) is 2.46. The Morgan fingerprint density at radius 3 is 2.76 bits per heavy atom. The highest BCUT2D eigenvalue weighted by molar-refractivity contribution is 5.69. The SMILES string of the molecule is C=CCOC(=O)CCCC[n+]1nc(-c2ccc(O)cc2)c(C)cc1N. The molecule has 2 rings (SSSR count). The number of nitrogens with zero attached hydrogens (tertiary/aromatic N) is 2. The largest absolute Gasteiger partial charge is 0.508 e. The molecule has 0 atom stereocenters. The zero-order valence-corrected chi connectivity index (χ0v) is 14.4. The van der Waals surface area contributed by atoms with Gasteiger partial charge in [0, 0.05) is 18.1 Å². The maximum absolute atomic E-state index is 11.5. The van der Waals surface area contributed by atoms with E-state index in [0.717, 1.165) is 23.2 Å². The van der Waals surface area contributed by atoms with Gasteiger partial charge in [-0.3, -0.25) is 10.5 Å². The van der Waals surface area contributed by atoms with Crippen molar-refractivity contribution in [2.75, 3.05) is 12.3 Å². The summed E-state index contributed by atoms with van der Waals surface area (Å²) >= 11 is 0. The number of nitrogen functional groups attached to an aromatic ring is 1. The summed E-state index contributed by atoms with van der Waals surface area (Å²) in [5.74, 6) is 0.571. The van der Waals surface area contributed by atoms with Crippen LogP contribution >= 0.6 is 0 Å². The fourth-order valence-corrected chi connectivity index (χ4v) is 2.46. The number of hydrogen-bond acceptors (Lipinski definition) is 5. The zero-order valence-electron chi connectivity index (χ0n) is 14.4. The van der Waals surface area contributed by atoms with Crippen LogP contribution in [0.2, 0.25) is 0 Å². The van der Waals surface area contributed by atoms with Crippen LogP contribution in [0.1, 0.15) is 24.8 Å². The fraction of sp³-hybridized carbons (Fsp3) is 0.316. The summed E-state index contributed by atoms with van der Waals surface area (Å²) in [6, 6.07) is 8.78. The molecule has 2 aromatic rings. The van der Waals surface area contributed by atoms with Crippen molar-refractivity contribution in [3.05, 3.63) is 48.6 Å². The van der Waals surface area contributed by atoms with E-state index in [1.807, 2.05) is 25.1 Å². The quantitative estimate of drug-likeness (QED) is 0.333. The predicted octanol–water partition coefficient (Wildman–Crippen LogP) is 2.53. The number of unbranched alkanes of at least 4 members (excludes halogenated alkanes) is 1. The van der Waals surface area contributed by atoms with Gasteiger partial charge in [0.25, 0.3) is 5.82 Å². The highest BCUT2D eigenvalue weighted by Gasteiger charge is 2.13. The lowest BCUT2D eigenvalue weighted by Gasteiger charge is -2.08. The minimum absolute atomic E-state index is 0.216. The normalized spacial score (nSPS) is 10.4. The molecule has 25 heavy (non-hydrogen) atoms. The zero-order chi connectivity index (χ0) is 18.2. The van der Waals surface area contributed by atoms with Crippen molar-refractivity contribution in [2.45, 2.75) is 32.7 Å². The first-order chi connectivity index (χ1) is 12.0. The van der Waals surface area contributed by atoms with Gasteiger partial charge in [-0.05, 0) is 49.6 Å². The number of esters is 1. The monoisotopic (exact) mass is 342 g/mol. The Hall–Kier alpha value is -2.89. The van der Waals surface area contributed by atoms with Gasteiger partial charge < -0.3 is 9.84 Å². The average molecular weight is 342 g/mol. The lowest BCUT2D eigenvalue weighted by Crippen LogP contribution is -2.41. The Kier molecular flexibility index (Phi) is 6.51. The van der Waals surface area contributed by atoms with Gasteiger partial charge in [0.1, 0.15) is 24.6 Å². The lowest BCUT2D eigenvalue weighted by molar-refractivity contribution is -0.739. The van der Waals surface area contributed by atoms with Crippen LogP contribution in [0.4, 0.5) is 5.82 Å². The van der Waals surface area contributed by atoms with Crippen molar-refractivity contribution >= 4 is 11.8 Å². The summed E-state index contributed by atoms with van der Waals surface area (Å²) < 4.78 is 6.69. The van der Waals surface area contributed by atoms with Crippen LogP contribution in [-0.4, -0.2) is 22.8 Å². The number of aryl methyl sites for hydroxylation is 2. The van der Waals surface area contributed by atoms with Gasteiger partial charge in [-0.1, -0.05) is 17.8 Å². The third-order valence-electron chi connectivity index (χ3n) is 3.76. The van der Waals surface area contributed by atoms with Gasteiger partial charge in [-0.2, -0.15) is 0 Å². The Labute approximate surface area is 147 Å². The highest BCUT2D eigenvalue weighted by atomic mass is 16.5. The second kappa shape index (κ2) is 8.82. The predicted molar refractivity (Wildman–Crippen MR) is 95.7 cm³/mol.